The predicted octanol–water partition coefficient (Wildman–Crippen LogP) is 1.68. The maximum absolute atomic E-state index is 11.8. The third-order valence-electron chi connectivity index (χ3n) is 4.45. The number of hydrogen-bond donors (Lipinski definition) is 3. The summed E-state index contributed by atoms with van der Waals surface area (Å²) in [5.41, 5.74) is 0.176. The van der Waals surface area contributed by atoms with Gasteiger partial charge in [-0.2, -0.15) is 0 Å². The summed E-state index contributed by atoms with van der Waals surface area (Å²) in [5.74, 6) is 1.67. The number of aromatic nitrogens is 3. The summed E-state index contributed by atoms with van der Waals surface area (Å²) in [6.45, 7) is 2.61. The summed E-state index contributed by atoms with van der Waals surface area (Å²) in [6, 6.07) is 3.54. The minimum absolute atomic E-state index is 0.273. The van der Waals surface area contributed by atoms with E-state index in [-0.39, 0.29) is 6.03 Å². The fourth-order valence-corrected chi connectivity index (χ4v) is 2.98. The average molecular weight is 329 g/mol. The Hall–Kier alpha value is -2.41. The number of aliphatic hydroxyl groups is 1. The zero-order valence-electron chi connectivity index (χ0n) is 13.8. The number of carbonyl (C=O) groups is 1. The Morgan fingerprint density at radius 3 is 2.71 bits per heavy atom. The van der Waals surface area contributed by atoms with Gasteiger partial charge in [-0.15, -0.1) is 0 Å². The van der Waals surface area contributed by atoms with Gasteiger partial charge in [0.25, 0.3) is 0 Å². The van der Waals surface area contributed by atoms with Crippen LogP contribution in [-0.4, -0.2) is 37.8 Å². The van der Waals surface area contributed by atoms with Crippen molar-refractivity contribution in [1.82, 2.24) is 25.2 Å². The summed E-state index contributed by atoms with van der Waals surface area (Å²) >= 11 is 0. The molecule has 1 aliphatic carbocycles. The van der Waals surface area contributed by atoms with Gasteiger partial charge >= 0.3 is 6.03 Å². The van der Waals surface area contributed by atoms with Crippen LogP contribution < -0.4 is 10.6 Å². The molecule has 2 aromatic rings. The smallest absolute Gasteiger partial charge is 0.315 e. The number of imidazole rings is 1. The van der Waals surface area contributed by atoms with Crippen LogP contribution in [0.15, 0.2) is 30.7 Å². The number of nitrogens with one attached hydrogen (secondary N) is 2. The first-order chi connectivity index (χ1) is 11.6. The lowest BCUT2D eigenvalue weighted by Gasteiger charge is -2.22. The van der Waals surface area contributed by atoms with Gasteiger partial charge in [0.15, 0.2) is 0 Å². The third kappa shape index (κ3) is 3.91. The largest absolute Gasteiger partial charge is 0.388 e. The SMILES string of the molecule is Cc1nccn1-c1ccc(CNC(=O)NCC2(O)CCCC2)cn1. The van der Waals surface area contributed by atoms with E-state index < -0.39 is 5.60 Å². The van der Waals surface area contributed by atoms with Gasteiger partial charge in [0.1, 0.15) is 11.6 Å². The van der Waals surface area contributed by atoms with Crippen molar-refractivity contribution >= 4 is 6.03 Å². The number of nitrogens with zero attached hydrogens (tertiary/aromatic N) is 3. The summed E-state index contributed by atoms with van der Waals surface area (Å²) < 4.78 is 1.90. The second kappa shape index (κ2) is 7.00. The number of aryl methyl sites for hydroxylation is 1. The highest BCUT2D eigenvalue weighted by Crippen LogP contribution is 2.28. The van der Waals surface area contributed by atoms with Crippen LogP contribution in [0.5, 0.6) is 0 Å². The first-order valence-electron chi connectivity index (χ1n) is 8.25. The monoisotopic (exact) mass is 329 g/mol. The number of amides is 2. The second-order valence-electron chi connectivity index (χ2n) is 6.34. The fourth-order valence-electron chi connectivity index (χ4n) is 2.98. The Kier molecular flexibility index (Phi) is 4.80. The minimum Gasteiger partial charge on any atom is -0.388 e. The molecule has 0 atom stereocenters. The molecule has 0 saturated heterocycles. The van der Waals surface area contributed by atoms with Crippen molar-refractivity contribution in [3.05, 3.63) is 42.1 Å². The molecule has 2 amide bonds. The molecule has 0 unspecified atom stereocenters. The molecule has 7 heteroatoms. The molecule has 2 heterocycles. The third-order valence-corrected chi connectivity index (χ3v) is 4.45. The van der Waals surface area contributed by atoms with Crippen LogP contribution in [0.3, 0.4) is 0 Å². The molecule has 7 nitrogen and oxygen atoms in total. The molecule has 3 rings (SSSR count). The summed E-state index contributed by atoms with van der Waals surface area (Å²) in [7, 11) is 0. The van der Waals surface area contributed by atoms with Gasteiger partial charge in [-0.25, -0.2) is 14.8 Å². The molecule has 1 saturated carbocycles. The number of hydrogen-bond acceptors (Lipinski definition) is 4. The van der Waals surface area contributed by atoms with Crippen molar-refractivity contribution in [3.8, 4) is 5.82 Å². The Morgan fingerprint density at radius 2 is 2.08 bits per heavy atom. The number of rotatable bonds is 5. The molecule has 0 bridgehead atoms. The van der Waals surface area contributed by atoms with Gasteiger partial charge in [0.2, 0.25) is 0 Å². The van der Waals surface area contributed by atoms with Crippen LogP contribution in [0.2, 0.25) is 0 Å². The van der Waals surface area contributed by atoms with E-state index in [0.29, 0.717) is 13.1 Å². The van der Waals surface area contributed by atoms with Gasteiger partial charge in [-0.3, -0.25) is 4.57 Å². The first kappa shape index (κ1) is 16.4. The van der Waals surface area contributed by atoms with Gasteiger partial charge in [0.05, 0.1) is 5.60 Å². The van der Waals surface area contributed by atoms with Crippen LogP contribution in [-0.2, 0) is 6.54 Å². The van der Waals surface area contributed by atoms with Crippen molar-refractivity contribution in [2.75, 3.05) is 6.54 Å². The number of urea groups is 1. The Morgan fingerprint density at radius 1 is 1.29 bits per heavy atom. The van der Waals surface area contributed by atoms with E-state index in [4.69, 9.17) is 0 Å². The molecule has 2 aromatic heterocycles. The van der Waals surface area contributed by atoms with E-state index in [2.05, 4.69) is 20.6 Å². The zero-order valence-corrected chi connectivity index (χ0v) is 13.8. The highest BCUT2D eigenvalue weighted by molar-refractivity contribution is 5.73. The fraction of sp³-hybridized carbons (Fsp3) is 0.471. The molecular formula is C17H23N5O2. The van der Waals surface area contributed by atoms with Gasteiger partial charge in [0, 0.05) is 31.7 Å². The van der Waals surface area contributed by atoms with Crippen LogP contribution in [0, 0.1) is 6.92 Å². The van der Waals surface area contributed by atoms with Crippen molar-refractivity contribution in [1.29, 1.82) is 0 Å². The highest BCUT2D eigenvalue weighted by Gasteiger charge is 2.31. The number of pyridine rings is 1. The molecule has 0 aromatic carbocycles. The van der Waals surface area contributed by atoms with Crippen molar-refractivity contribution in [3.63, 3.8) is 0 Å². The maximum Gasteiger partial charge on any atom is 0.315 e. The molecule has 0 radical (unpaired) electrons. The van der Waals surface area contributed by atoms with E-state index in [0.717, 1.165) is 42.9 Å². The molecule has 1 fully saturated rings. The normalized spacial score (nSPS) is 16.1. The topological polar surface area (TPSA) is 92.1 Å². The van der Waals surface area contributed by atoms with E-state index in [1.54, 1.807) is 12.4 Å². The summed E-state index contributed by atoms with van der Waals surface area (Å²) in [6.07, 6.45) is 8.88. The van der Waals surface area contributed by atoms with E-state index in [1.165, 1.54) is 0 Å². The first-order valence-corrected chi connectivity index (χ1v) is 8.25. The Labute approximate surface area is 141 Å². The minimum atomic E-state index is -0.733. The maximum atomic E-state index is 11.8. The van der Waals surface area contributed by atoms with Gasteiger partial charge in [-0.1, -0.05) is 18.9 Å². The van der Waals surface area contributed by atoms with E-state index >= 15 is 0 Å². The van der Waals surface area contributed by atoms with Crippen LogP contribution in [0.4, 0.5) is 4.79 Å². The quantitative estimate of drug-likeness (QED) is 0.778. The van der Waals surface area contributed by atoms with Crippen LogP contribution in [0.25, 0.3) is 5.82 Å². The lowest BCUT2D eigenvalue weighted by molar-refractivity contribution is 0.0501. The lowest BCUT2D eigenvalue weighted by Crippen LogP contribution is -2.44. The molecule has 0 spiro atoms. The standard InChI is InChI=1S/C17H23N5O2/c1-13-18-8-9-22(13)15-5-4-14(10-19-15)11-20-16(23)21-12-17(24)6-2-3-7-17/h4-5,8-10,24H,2-3,6-7,11-12H2,1H3,(H2,20,21,23). The zero-order chi connectivity index (χ0) is 17.0. The Bertz CT molecular complexity index is 689. The second-order valence-corrected chi connectivity index (χ2v) is 6.34. The van der Waals surface area contributed by atoms with Crippen molar-refractivity contribution in [2.45, 2.75) is 44.8 Å². The summed E-state index contributed by atoms with van der Waals surface area (Å²) in [5, 5.41) is 15.7. The molecule has 3 N–H and O–H groups in total. The molecule has 1 aliphatic rings. The molecular weight excluding hydrogens is 306 g/mol. The van der Waals surface area contributed by atoms with Crippen molar-refractivity contribution in [2.24, 2.45) is 0 Å². The lowest BCUT2D eigenvalue weighted by atomic mass is 10.0. The van der Waals surface area contributed by atoms with Crippen LogP contribution in [0.1, 0.15) is 37.1 Å². The predicted molar refractivity (Wildman–Crippen MR) is 89.8 cm³/mol. The molecule has 0 aliphatic heterocycles. The van der Waals surface area contributed by atoms with Crippen LogP contribution >= 0.6 is 0 Å². The summed E-state index contributed by atoms with van der Waals surface area (Å²) in [4.78, 5) is 20.4. The van der Waals surface area contributed by atoms with Gasteiger partial charge < -0.3 is 15.7 Å². The van der Waals surface area contributed by atoms with E-state index in [9.17, 15) is 9.90 Å². The van der Waals surface area contributed by atoms with Crippen molar-refractivity contribution < 1.29 is 9.90 Å². The van der Waals surface area contributed by atoms with Gasteiger partial charge in [-0.05, 0) is 31.4 Å². The molecule has 128 valence electrons. The number of carbonyl (C=O) groups excluding carboxylic acids is 1. The Balaban J connectivity index is 1.48. The molecule has 24 heavy (non-hydrogen) atoms. The van der Waals surface area contributed by atoms with E-state index in [1.807, 2.05) is 29.8 Å². The highest BCUT2D eigenvalue weighted by atomic mass is 16.3. The average Bonchev–Trinajstić information content (AvgIpc) is 3.21.